The Morgan fingerprint density at radius 1 is 1.33 bits per heavy atom. The number of benzene rings is 1. The average molecular weight is 251 g/mol. The highest BCUT2D eigenvalue weighted by Gasteiger charge is 2.19. The van der Waals surface area contributed by atoms with Crippen molar-refractivity contribution in [3.05, 3.63) is 24.3 Å². The van der Waals surface area contributed by atoms with E-state index < -0.39 is 0 Å². The average Bonchev–Trinajstić information content (AvgIpc) is 2.28. The van der Waals surface area contributed by atoms with Gasteiger partial charge in [0.1, 0.15) is 5.75 Å². The molecule has 100 valence electrons. The van der Waals surface area contributed by atoms with Gasteiger partial charge < -0.3 is 21.1 Å². The summed E-state index contributed by atoms with van der Waals surface area (Å²) in [5, 5.41) is 5.63. The third-order valence-electron chi connectivity index (χ3n) is 2.57. The molecule has 5 nitrogen and oxygen atoms in total. The number of hydrogen-bond acceptors (Lipinski definition) is 3. The van der Waals surface area contributed by atoms with Crippen LogP contribution in [0.2, 0.25) is 0 Å². The first-order valence-electron chi connectivity index (χ1n) is 5.90. The summed E-state index contributed by atoms with van der Waals surface area (Å²) in [7, 11) is 1.60. The van der Waals surface area contributed by atoms with E-state index in [4.69, 9.17) is 10.5 Å². The number of carbonyl (C=O) groups is 1. The molecule has 5 heteroatoms. The molecule has 0 unspecified atom stereocenters. The lowest BCUT2D eigenvalue weighted by Gasteiger charge is -2.25. The molecule has 0 aliphatic heterocycles. The van der Waals surface area contributed by atoms with Crippen LogP contribution in [0.3, 0.4) is 0 Å². The molecule has 0 bridgehead atoms. The van der Waals surface area contributed by atoms with Crippen molar-refractivity contribution in [3.63, 3.8) is 0 Å². The van der Waals surface area contributed by atoms with E-state index in [0.717, 1.165) is 17.9 Å². The van der Waals surface area contributed by atoms with E-state index >= 15 is 0 Å². The summed E-state index contributed by atoms with van der Waals surface area (Å²) in [5.74, 6) is 0.754. The van der Waals surface area contributed by atoms with E-state index in [1.165, 1.54) is 0 Å². The second-order valence-corrected chi connectivity index (χ2v) is 4.73. The van der Waals surface area contributed by atoms with Crippen LogP contribution in [0.25, 0.3) is 0 Å². The monoisotopic (exact) mass is 251 g/mol. The van der Waals surface area contributed by atoms with E-state index in [-0.39, 0.29) is 11.6 Å². The Morgan fingerprint density at radius 2 is 1.94 bits per heavy atom. The van der Waals surface area contributed by atoms with Gasteiger partial charge in [-0.3, -0.25) is 0 Å². The van der Waals surface area contributed by atoms with Crippen LogP contribution in [0.15, 0.2) is 24.3 Å². The second-order valence-electron chi connectivity index (χ2n) is 4.73. The van der Waals surface area contributed by atoms with Crippen molar-refractivity contribution in [1.29, 1.82) is 0 Å². The number of methoxy groups -OCH3 is 1. The number of urea groups is 1. The Labute approximate surface area is 108 Å². The Balaban J connectivity index is 2.53. The summed E-state index contributed by atoms with van der Waals surface area (Å²) < 4.78 is 5.04. The largest absolute Gasteiger partial charge is 0.497 e. The highest BCUT2D eigenvalue weighted by Crippen LogP contribution is 2.15. The van der Waals surface area contributed by atoms with Gasteiger partial charge in [0.2, 0.25) is 0 Å². The maximum Gasteiger partial charge on any atom is 0.319 e. The molecule has 0 saturated heterocycles. The van der Waals surface area contributed by atoms with Crippen LogP contribution in [0.4, 0.5) is 10.5 Å². The summed E-state index contributed by atoms with van der Waals surface area (Å²) in [6.07, 6.45) is 0.725. The van der Waals surface area contributed by atoms with Crippen molar-refractivity contribution in [2.24, 2.45) is 5.73 Å². The molecule has 0 heterocycles. The minimum Gasteiger partial charge on any atom is -0.497 e. The van der Waals surface area contributed by atoms with Crippen molar-refractivity contribution in [2.75, 3.05) is 19.0 Å². The van der Waals surface area contributed by atoms with Crippen LogP contribution >= 0.6 is 0 Å². The van der Waals surface area contributed by atoms with Crippen LogP contribution in [-0.4, -0.2) is 25.2 Å². The minimum absolute atomic E-state index is 0.237. The molecule has 18 heavy (non-hydrogen) atoms. The molecule has 0 spiro atoms. The molecular formula is C13H21N3O2. The first-order valence-corrected chi connectivity index (χ1v) is 5.90. The molecule has 0 radical (unpaired) electrons. The Kier molecular flexibility index (Phi) is 4.97. The Bertz CT molecular complexity index is 388. The van der Waals surface area contributed by atoms with Gasteiger partial charge >= 0.3 is 6.03 Å². The van der Waals surface area contributed by atoms with E-state index in [1.54, 1.807) is 31.4 Å². The first-order chi connectivity index (χ1) is 8.46. The minimum atomic E-state index is -0.314. The fourth-order valence-corrected chi connectivity index (χ4v) is 1.57. The summed E-state index contributed by atoms with van der Waals surface area (Å²) in [5.41, 5.74) is 5.89. The first kappa shape index (κ1) is 14.3. The number of carbonyl (C=O) groups excluding carboxylic acids is 1. The Morgan fingerprint density at radius 3 is 2.44 bits per heavy atom. The number of ether oxygens (including phenoxy) is 1. The van der Waals surface area contributed by atoms with Gasteiger partial charge in [-0.05, 0) is 51.1 Å². The molecule has 0 fully saturated rings. The van der Waals surface area contributed by atoms with Crippen molar-refractivity contribution in [1.82, 2.24) is 5.32 Å². The number of amides is 2. The smallest absolute Gasteiger partial charge is 0.319 e. The van der Waals surface area contributed by atoms with E-state index in [0.29, 0.717) is 6.54 Å². The molecule has 2 amide bonds. The zero-order valence-corrected chi connectivity index (χ0v) is 11.1. The fraction of sp³-hybridized carbons (Fsp3) is 0.462. The lowest BCUT2D eigenvalue weighted by Crippen LogP contribution is -2.46. The van der Waals surface area contributed by atoms with Crippen molar-refractivity contribution in [2.45, 2.75) is 25.8 Å². The number of rotatable bonds is 5. The second kappa shape index (κ2) is 6.26. The van der Waals surface area contributed by atoms with Gasteiger partial charge in [-0.2, -0.15) is 0 Å². The zero-order valence-electron chi connectivity index (χ0n) is 11.1. The van der Waals surface area contributed by atoms with Gasteiger partial charge in [0.05, 0.1) is 7.11 Å². The zero-order chi connectivity index (χ0) is 13.6. The Hall–Kier alpha value is -1.75. The highest BCUT2D eigenvalue weighted by atomic mass is 16.5. The molecule has 0 saturated carbocycles. The van der Waals surface area contributed by atoms with Gasteiger partial charge in [0.15, 0.2) is 0 Å². The lowest BCUT2D eigenvalue weighted by atomic mass is 10.0. The highest BCUT2D eigenvalue weighted by molar-refractivity contribution is 5.89. The summed E-state index contributed by atoms with van der Waals surface area (Å²) in [6.45, 7) is 4.41. The van der Waals surface area contributed by atoms with E-state index in [2.05, 4.69) is 10.6 Å². The van der Waals surface area contributed by atoms with Crippen LogP contribution in [0.1, 0.15) is 20.3 Å². The van der Waals surface area contributed by atoms with Gasteiger partial charge in [-0.15, -0.1) is 0 Å². The molecule has 4 N–H and O–H groups in total. The van der Waals surface area contributed by atoms with Crippen LogP contribution in [-0.2, 0) is 0 Å². The van der Waals surface area contributed by atoms with Crippen LogP contribution in [0.5, 0.6) is 5.75 Å². The number of nitrogens with one attached hydrogen (secondary N) is 2. The standard InChI is InChI=1S/C13H21N3O2/c1-13(2,8-9-14)16-12(17)15-10-4-6-11(18-3)7-5-10/h4-7H,8-9,14H2,1-3H3,(H2,15,16,17). The molecular weight excluding hydrogens is 230 g/mol. The molecule has 0 aliphatic carbocycles. The van der Waals surface area contributed by atoms with Gasteiger partial charge in [0.25, 0.3) is 0 Å². The third-order valence-corrected chi connectivity index (χ3v) is 2.57. The maximum absolute atomic E-state index is 11.8. The van der Waals surface area contributed by atoms with Gasteiger partial charge in [-0.1, -0.05) is 0 Å². The normalized spacial score (nSPS) is 10.9. The summed E-state index contributed by atoms with van der Waals surface area (Å²) in [6, 6.07) is 6.92. The van der Waals surface area contributed by atoms with Crippen molar-refractivity contribution < 1.29 is 9.53 Å². The van der Waals surface area contributed by atoms with Gasteiger partial charge in [-0.25, -0.2) is 4.79 Å². The topological polar surface area (TPSA) is 76.4 Å². The predicted molar refractivity (Wildman–Crippen MR) is 72.9 cm³/mol. The van der Waals surface area contributed by atoms with Crippen LogP contribution < -0.4 is 21.1 Å². The lowest BCUT2D eigenvalue weighted by molar-refractivity contribution is 0.240. The van der Waals surface area contributed by atoms with Crippen molar-refractivity contribution in [3.8, 4) is 5.75 Å². The van der Waals surface area contributed by atoms with Gasteiger partial charge in [0, 0.05) is 11.2 Å². The molecule has 1 aromatic carbocycles. The summed E-state index contributed by atoms with van der Waals surface area (Å²) >= 11 is 0. The number of hydrogen-bond donors (Lipinski definition) is 3. The molecule has 1 rings (SSSR count). The number of anilines is 1. The molecule has 0 aromatic heterocycles. The number of nitrogens with two attached hydrogens (primary N) is 1. The molecule has 0 aliphatic rings. The predicted octanol–water partition coefficient (Wildman–Crippen LogP) is 1.94. The molecule has 0 atom stereocenters. The van der Waals surface area contributed by atoms with E-state index in [1.807, 2.05) is 13.8 Å². The maximum atomic E-state index is 11.8. The summed E-state index contributed by atoms with van der Waals surface area (Å²) in [4.78, 5) is 11.8. The van der Waals surface area contributed by atoms with E-state index in [9.17, 15) is 4.79 Å². The SMILES string of the molecule is COc1ccc(NC(=O)NC(C)(C)CCN)cc1. The molecule has 1 aromatic rings. The fourth-order valence-electron chi connectivity index (χ4n) is 1.57. The van der Waals surface area contributed by atoms with Crippen LogP contribution in [0, 0.1) is 0 Å². The third kappa shape index (κ3) is 4.63. The quantitative estimate of drug-likeness (QED) is 0.748. The van der Waals surface area contributed by atoms with Crippen molar-refractivity contribution >= 4 is 11.7 Å².